The number of halogens is 3. The Bertz CT molecular complexity index is 577. The van der Waals surface area contributed by atoms with Gasteiger partial charge in [0.15, 0.2) is 0 Å². The van der Waals surface area contributed by atoms with Crippen molar-refractivity contribution in [1.29, 1.82) is 0 Å². The predicted molar refractivity (Wildman–Crippen MR) is 76.3 cm³/mol. The monoisotopic (exact) mass is 299 g/mol. The van der Waals surface area contributed by atoms with Crippen LogP contribution in [-0.2, 0) is 0 Å². The van der Waals surface area contributed by atoms with Gasteiger partial charge in [0.1, 0.15) is 5.82 Å². The van der Waals surface area contributed by atoms with Crippen molar-refractivity contribution in [3.05, 3.63) is 63.9 Å². The number of aliphatic hydroxyl groups excluding tert-OH is 1. The quantitative estimate of drug-likeness (QED) is 0.883. The number of nitrogens with one attached hydrogen (secondary N) is 1. The van der Waals surface area contributed by atoms with Gasteiger partial charge in [-0.1, -0.05) is 41.4 Å². The van der Waals surface area contributed by atoms with E-state index < -0.39 is 11.9 Å². The van der Waals surface area contributed by atoms with Gasteiger partial charge < -0.3 is 10.4 Å². The summed E-state index contributed by atoms with van der Waals surface area (Å²) in [5, 5.41) is 13.7. The molecule has 100 valence electrons. The van der Waals surface area contributed by atoms with Gasteiger partial charge in [-0.15, -0.1) is 0 Å². The van der Waals surface area contributed by atoms with Gasteiger partial charge in [-0.05, 0) is 24.3 Å². The Balaban J connectivity index is 2.06. The summed E-state index contributed by atoms with van der Waals surface area (Å²) in [5.74, 6) is -0.421. The van der Waals surface area contributed by atoms with Gasteiger partial charge in [0.05, 0.1) is 11.8 Å². The zero-order valence-electron chi connectivity index (χ0n) is 9.91. The Morgan fingerprint density at radius 3 is 2.63 bits per heavy atom. The van der Waals surface area contributed by atoms with E-state index in [0.29, 0.717) is 15.6 Å². The normalized spacial score (nSPS) is 12.2. The lowest BCUT2D eigenvalue weighted by Crippen LogP contribution is -2.13. The van der Waals surface area contributed by atoms with Crippen molar-refractivity contribution in [2.75, 3.05) is 11.9 Å². The van der Waals surface area contributed by atoms with E-state index in [1.807, 2.05) is 0 Å². The minimum Gasteiger partial charge on any atom is -0.387 e. The molecule has 2 aromatic rings. The van der Waals surface area contributed by atoms with Crippen LogP contribution in [0.5, 0.6) is 0 Å². The number of benzene rings is 2. The van der Waals surface area contributed by atoms with Crippen LogP contribution in [0.2, 0.25) is 10.0 Å². The van der Waals surface area contributed by atoms with E-state index in [4.69, 9.17) is 23.2 Å². The SMILES string of the molecule is OC(CNc1cc(Cl)ccc1F)c1ccccc1Cl. The Morgan fingerprint density at radius 2 is 1.89 bits per heavy atom. The maximum Gasteiger partial charge on any atom is 0.146 e. The molecule has 5 heteroatoms. The van der Waals surface area contributed by atoms with E-state index in [-0.39, 0.29) is 12.2 Å². The number of anilines is 1. The molecule has 0 saturated carbocycles. The van der Waals surface area contributed by atoms with Crippen LogP contribution in [0.4, 0.5) is 10.1 Å². The van der Waals surface area contributed by atoms with Crippen LogP contribution in [0.25, 0.3) is 0 Å². The maximum absolute atomic E-state index is 13.5. The minimum absolute atomic E-state index is 0.140. The molecule has 0 fully saturated rings. The summed E-state index contributed by atoms with van der Waals surface area (Å²) in [5.41, 5.74) is 0.845. The van der Waals surface area contributed by atoms with Gasteiger partial charge >= 0.3 is 0 Å². The summed E-state index contributed by atoms with van der Waals surface area (Å²) in [6, 6.07) is 11.2. The van der Waals surface area contributed by atoms with Crippen molar-refractivity contribution < 1.29 is 9.50 Å². The van der Waals surface area contributed by atoms with E-state index in [2.05, 4.69) is 5.32 Å². The minimum atomic E-state index is -0.827. The Hall–Kier alpha value is -1.29. The second-order valence-electron chi connectivity index (χ2n) is 4.04. The van der Waals surface area contributed by atoms with Crippen molar-refractivity contribution in [1.82, 2.24) is 0 Å². The van der Waals surface area contributed by atoms with E-state index in [0.717, 1.165) is 0 Å². The molecule has 0 spiro atoms. The third kappa shape index (κ3) is 3.60. The molecule has 0 aliphatic rings. The van der Waals surface area contributed by atoms with Crippen molar-refractivity contribution >= 4 is 28.9 Å². The molecular formula is C14H12Cl2FNO. The largest absolute Gasteiger partial charge is 0.387 e. The number of rotatable bonds is 4. The molecule has 0 radical (unpaired) electrons. The molecule has 0 aliphatic heterocycles. The first-order chi connectivity index (χ1) is 9.08. The number of hydrogen-bond acceptors (Lipinski definition) is 2. The lowest BCUT2D eigenvalue weighted by molar-refractivity contribution is 0.191. The molecule has 0 bridgehead atoms. The third-order valence-electron chi connectivity index (χ3n) is 2.68. The molecule has 2 aromatic carbocycles. The molecule has 0 aliphatic carbocycles. The lowest BCUT2D eigenvalue weighted by atomic mass is 10.1. The molecule has 1 unspecified atom stereocenters. The topological polar surface area (TPSA) is 32.3 Å². The van der Waals surface area contributed by atoms with E-state index in [9.17, 15) is 9.50 Å². The molecule has 2 N–H and O–H groups in total. The fraction of sp³-hybridized carbons (Fsp3) is 0.143. The molecule has 2 rings (SSSR count). The fourth-order valence-electron chi connectivity index (χ4n) is 1.69. The first kappa shape index (κ1) is 14.1. The van der Waals surface area contributed by atoms with Crippen LogP contribution in [0.1, 0.15) is 11.7 Å². The van der Waals surface area contributed by atoms with Crippen molar-refractivity contribution in [3.63, 3.8) is 0 Å². The van der Waals surface area contributed by atoms with Crippen molar-refractivity contribution in [2.45, 2.75) is 6.10 Å². The van der Waals surface area contributed by atoms with Gasteiger partial charge in [-0.3, -0.25) is 0 Å². The highest BCUT2D eigenvalue weighted by Crippen LogP contribution is 2.24. The van der Waals surface area contributed by atoms with Crippen LogP contribution in [-0.4, -0.2) is 11.7 Å². The maximum atomic E-state index is 13.5. The Morgan fingerprint density at radius 1 is 1.16 bits per heavy atom. The second-order valence-corrected chi connectivity index (χ2v) is 4.89. The summed E-state index contributed by atoms with van der Waals surface area (Å²) < 4.78 is 13.5. The van der Waals surface area contributed by atoms with E-state index in [1.165, 1.54) is 18.2 Å². The summed E-state index contributed by atoms with van der Waals surface area (Å²) >= 11 is 11.8. The molecule has 0 saturated heterocycles. The van der Waals surface area contributed by atoms with E-state index >= 15 is 0 Å². The molecule has 0 aromatic heterocycles. The second kappa shape index (κ2) is 6.24. The highest BCUT2D eigenvalue weighted by atomic mass is 35.5. The highest BCUT2D eigenvalue weighted by molar-refractivity contribution is 6.31. The number of hydrogen-bond donors (Lipinski definition) is 2. The Labute approximate surface area is 120 Å². The van der Waals surface area contributed by atoms with Crippen LogP contribution >= 0.6 is 23.2 Å². The van der Waals surface area contributed by atoms with Crippen LogP contribution in [0.15, 0.2) is 42.5 Å². The predicted octanol–water partition coefficient (Wildman–Crippen LogP) is 4.28. The zero-order chi connectivity index (χ0) is 13.8. The molecule has 19 heavy (non-hydrogen) atoms. The van der Waals surface area contributed by atoms with Crippen molar-refractivity contribution in [2.24, 2.45) is 0 Å². The highest BCUT2D eigenvalue weighted by Gasteiger charge is 2.11. The van der Waals surface area contributed by atoms with Gasteiger partial charge in [0, 0.05) is 22.2 Å². The molecular weight excluding hydrogens is 288 g/mol. The average Bonchev–Trinajstić information content (AvgIpc) is 2.40. The van der Waals surface area contributed by atoms with Crippen LogP contribution < -0.4 is 5.32 Å². The first-order valence-electron chi connectivity index (χ1n) is 5.69. The van der Waals surface area contributed by atoms with Crippen LogP contribution in [0.3, 0.4) is 0 Å². The summed E-state index contributed by atoms with van der Waals surface area (Å²) in [7, 11) is 0. The van der Waals surface area contributed by atoms with Crippen LogP contribution in [0, 0.1) is 5.82 Å². The van der Waals surface area contributed by atoms with Gasteiger partial charge in [-0.2, -0.15) is 0 Å². The zero-order valence-corrected chi connectivity index (χ0v) is 11.4. The fourth-order valence-corrected chi connectivity index (χ4v) is 2.13. The number of aliphatic hydroxyl groups is 1. The standard InChI is InChI=1S/C14H12Cl2FNO/c15-9-5-6-12(17)13(7-9)18-8-14(19)10-3-1-2-4-11(10)16/h1-7,14,18-19H,8H2. The molecule has 0 heterocycles. The first-order valence-corrected chi connectivity index (χ1v) is 6.45. The molecule has 2 nitrogen and oxygen atoms in total. The average molecular weight is 300 g/mol. The van der Waals surface area contributed by atoms with Gasteiger partial charge in [-0.25, -0.2) is 4.39 Å². The van der Waals surface area contributed by atoms with Crippen molar-refractivity contribution in [3.8, 4) is 0 Å². The smallest absolute Gasteiger partial charge is 0.146 e. The lowest BCUT2D eigenvalue weighted by Gasteiger charge is -2.15. The Kier molecular flexibility index (Phi) is 4.64. The summed E-state index contributed by atoms with van der Waals surface area (Å²) in [6.07, 6.45) is -0.827. The van der Waals surface area contributed by atoms with Gasteiger partial charge in [0.25, 0.3) is 0 Å². The van der Waals surface area contributed by atoms with Gasteiger partial charge in [0.2, 0.25) is 0 Å². The summed E-state index contributed by atoms with van der Waals surface area (Å²) in [4.78, 5) is 0. The molecule has 0 amide bonds. The molecule has 1 atom stereocenters. The van der Waals surface area contributed by atoms with E-state index in [1.54, 1.807) is 24.3 Å². The third-order valence-corrected chi connectivity index (χ3v) is 3.26. The summed E-state index contributed by atoms with van der Waals surface area (Å²) in [6.45, 7) is 0.140.